The molecule has 0 saturated carbocycles. The van der Waals surface area contributed by atoms with E-state index in [2.05, 4.69) is 15.7 Å². The summed E-state index contributed by atoms with van der Waals surface area (Å²) in [6, 6.07) is 5.36. The van der Waals surface area contributed by atoms with E-state index in [-0.39, 0.29) is 5.97 Å². The SMILES string of the molecule is COC(=O)C(N)Cc1ccc(OC)c(CN2CCCC2)c1. The minimum atomic E-state index is -0.622. The minimum Gasteiger partial charge on any atom is -0.496 e. The molecular formula is C16H24N2O3. The number of ether oxygens (including phenoxy) is 2. The summed E-state index contributed by atoms with van der Waals surface area (Å²) in [5, 5.41) is 0. The van der Waals surface area contributed by atoms with E-state index in [0.29, 0.717) is 6.42 Å². The first-order valence-electron chi connectivity index (χ1n) is 7.35. The summed E-state index contributed by atoms with van der Waals surface area (Å²) >= 11 is 0. The van der Waals surface area contributed by atoms with Crippen LogP contribution in [0, 0.1) is 0 Å². The fraction of sp³-hybridized carbons (Fsp3) is 0.562. The van der Waals surface area contributed by atoms with E-state index < -0.39 is 6.04 Å². The number of esters is 1. The highest BCUT2D eigenvalue weighted by atomic mass is 16.5. The first-order valence-corrected chi connectivity index (χ1v) is 7.35. The molecule has 2 rings (SSSR count). The third kappa shape index (κ3) is 4.19. The third-order valence-corrected chi connectivity index (χ3v) is 3.90. The van der Waals surface area contributed by atoms with Crippen molar-refractivity contribution in [3.05, 3.63) is 29.3 Å². The Bertz CT molecular complexity index is 484. The van der Waals surface area contributed by atoms with Crippen molar-refractivity contribution in [1.29, 1.82) is 0 Å². The molecule has 0 spiro atoms. The van der Waals surface area contributed by atoms with Crippen molar-refractivity contribution in [2.75, 3.05) is 27.3 Å². The van der Waals surface area contributed by atoms with Crippen molar-refractivity contribution in [1.82, 2.24) is 4.90 Å². The molecule has 1 aliphatic rings. The van der Waals surface area contributed by atoms with Gasteiger partial charge in [0.2, 0.25) is 0 Å². The van der Waals surface area contributed by atoms with Crippen LogP contribution in [0.5, 0.6) is 5.75 Å². The Kier molecular flexibility index (Phi) is 5.59. The zero-order valence-electron chi connectivity index (χ0n) is 12.8. The minimum absolute atomic E-state index is 0.382. The average Bonchev–Trinajstić information content (AvgIpc) is 2.99. The molecule has 116 valence electrons. The molecule has 1 fully saturated rings. The van der Waals surface area contributed by atoms with E-state index in [4.69, 9.17) is 10.5 Å². The van der Waals surface area contributed by atoms with Crippen LogP contribution in [0.1, 0.15) is 24.0 Å². The molecule has 2 N–H and O–H groups in total. The molecule has 0 aliphatic carbocycles. The van der Waals surface area contributed by atoms with Crippen molar-refractivity contribution in [3.8, 4) is 5.75 Å². The molecule has 1 aliphatic heterocycles. The van der Waals surface area contributed by atoms with E-state index in [1.165, 1.54) is 20.0 Å². The van der Waals surface area contributed by atoms with Gasteiger partial charge in [0.1, 0.15) is 11.8 Å². The molecule has 1 saturated heterocycles. The predicted molar refractivity (Wildman–Crippen MR) is 81.2 cm³/mol. The average molecular weight is 292 g/mol. The van der Waals surface area contributed by atoms with Crippen LogP contribution in [0.2, 0.25) is 0 Å². The van der Waals surface area contributed by atoms with Gasteiger partial charge in [-0.05, 0) is 44.0 Å². The largest absolute Gasteiger partial charge is 0.496 e. The second-order valence-corrected chi connectivity index (χ2v) is 5.46. The number of nitrogens with zero attached hydrogens (tertiary/aromatic N) is 1. The van der Waals surface area contributed by atoms with Gasteiger partial charge >= 0.3 is 5.97 Å². The van der Waals surface area contributed by atoms with Crippen LogP contribution in [-0.2, 0) is 22.5 Å². The van der Waals surface area contributed by atoms with Crippen LogP contribution in [-0.4, -0.2) is 44.2 Å². The third-order valence-electron chi connectivity index (χ3n) is 3.90. The maximum atomic E-state index is 11.4. The number of benzene rings is 1. The number of carbonyl (C=O) groups excluding carboxylic acids is 1. The zero-order chi connectivity index (χ0) is 15.2. The van der Waals surface area contributed by atoms with E-state index in [1.54, 1.807) is 7.11 Å². The molecule has 0 amide bonds. The molecular weight excluding hydrogens is 268 g/mol. The number of methoxy groups -OCH3 is 2. The molecule has 0 radical (unpaired) electrons. The van der Waals surface area contributed by atoms with Gasteiger partial charge in [0.15, 0.2) is 0 Å². The van der Waals surface area contributed by atoms with E-state index >= 15 is 0 Å². The maximum Gasteiger partial charge on any atom is 0.322 e. The Morgan fingerprint density at radius 1 is 1.33 bits per heavy atom. The van der Waals surface area contributed by atoms with Crippen LogP contribution in [0.3, 0.4) is 0 Å². The summed E-state index contributed by atoms with van der Waals surface area (Å²) < 4.78 is 10.1. The van der Waals surface area contributed by atoms with E-state index in [0.717, 1.165) is 36.5 Å². The van der Waals surface area contributed by atoms with Gasteiger partial charge in [-0.15, -0.1) is 0 Å². The van der Waals surface area contributed by atoms with Gasteiger partial charge in [-0.3, -0.25) is 9.69 Å². The first kappa shape index (κ1) is 15.8. The Morgan fingerprint density at radius 3 is 2.67 bits per heavy atom. The second-order valence-electron chi connectivity index (χ2n) is 5.46. The Morgan fingerprint density at radius 2 is 2.05 bits per heavy atom. The molecule has 1 unspecified atom stereocenters. The summed E-state index contributed by atoms with van der Waals surface area (Å²) in [6.45, 7) is 3.15. The number of hydrogen-bond donors (Lipinski definition) is 1. The van der Waals surface area contributed by atoms with Gasteiger partial charge in [-0.2, -0.15) is 0 Å². The van der Waals surface area contributed by atoms with Crippen LogP contribution in [0.25, 0.3) is 0 Å². The topological polar surface area (TPSA) is 64.8 Å². The lowest BCUT2D eigenvalue weighted by atomic mass is 10.0. The van der Waals surface area contributed by atoms with Crippen molar-refractivity contribution in [3.63, 3.8) is 0 Å². The van der Waals surface area contributed by atoms with Gasteiger partial charge < -0.3 is 15.2 Å². The number of hydrogen-bond acceptors (Lipinski definition) is 5. The normalized spacial score (nSPS) is 16.7. The second kappa shape index (κ2) is 7.43. The van der Waals surface area contributed by atoms with Gasteiger partial charge in [0, 0.05) is 12.1 Å². The predicted octanol–water partition coefficient (Wildman–Crippen LogP) is 1.33. The summed E-state index contributed by atoms with van der Waals surface area (Å²) in [5.41, 5.74) is 8.01. The van der Waals surface area contributed by atoms with Crippen molar-refractivity contribution >= 4 is 5.97 Å². The first-order chi connectivity index (χ1) is 10.1. The monoisotopic (exact) mass is 292 g/mol. The van der Waals surface area contributed by atoms with Crippen molar-refractivity contribution in [2.24, 2.45) is 5.73 Å². The maximum absolute atomic E-state index is 11.4. The summed E-state index contributed by atoms with van der Waals surface area (Å²) in [6.07, 6.45) is 2.99. The van der Waals surface area contributed by atoms with E-state index in [9.17, 15) is 4.79 Å². The molecule has 1 heterocycles. The summed E-state index contributed by atoms with van der Waals surface area (Å²) in [7, 11) is 3.04. The Labute approximate surface area is 126 Å². The lowest BCUT2D eigenvalue weighted by Gasteiger charge is -2.18. The van der Waals surface area contributed by atoms with Crippen LogP contribution in [0.15, 0.2) is 18.2 Å². The van der Waals surface area contributed by atoms with Gasteiger partial charge in [0.25, 0.3) is 0 Å². The quantitative estimate of drug-likeness (QED) is 0.801. The molecule has 1 aromatic carbocycles. The van der Waals surface area contributed by atoms with Crippen LogP contribution < -0.4 is 10.5 Å². The van der Waals surface area contributed by atoms with Crippen molar-refractivity contribution in [2.45, 2.75) is 31.8 Å². The molecule has 0 aromatic heterocycles. The summed E-state index contributed by atoms with van der Waals surface area (Å²) in [4.78, 5) is 13.8. The lowest BCUT2D eigenvalue weighted by molar-refractivity contribution is -0.142. The molecule has 5 nitrogen and oxygen atoms in total. The van der Waals surface area contributed by atoms with Crippen molar-refractivity contribution < 1.29 is 14.3 Å². The Balaban J connectivity index is 2.10. The lowest BCUT2D eigenvalue weighted by Crippen LogP contribution is -2.33. The molecule has 1 aromatic rings. The Hall–Kier alpha value is -1.59. The number of rotatable bonds is 6. The number of carbonyl (C=O) groups is 1. The van der Waals surface area contributed by atoms with Gasteiger partial charge in [0.05, 0.1) is 14.2 Å². The highest BCUT2D eigenvalue weighted by molar-refractivity contribution is 5.75. The molecule has 1 atom stereocenters. The standard InChI is InChI=1S/C16H24N2O3/c1-20-15-6-5-12(10-14(17)16(19)21-2)9-13(15)11-18-7-3-4-8-18/h5-6,9,14H,3-4,7-8,10-11,17H2,1-2H3. The van der Waals surface area contributed by atoms with Gasteiger partial charge in [-0.25, -0.2) is 0 Å². The highest BCUT2D eigenvalue weighted by Crippen LogP contribution is 2.24. The summed E-state index contributed by atoms with van der Waals surface area (Å²) in [5.74, 6) is 0.504. The molecule has 21 heavy (non-hydrogen) atoms. The smallest absolute Gasteiger partial charge is 0.322 e. The number of likely N-dealkylation sites (tertiary alicyclic amines) is 1. The molecule has 5 heteroatoms. The molecule has 0 bridgehead atoms. The van der Waals surface area contributed by atoms with Crippen LogP contribution in [0.4, 0.5) is 0 Å². The fourth-order valence-electron chi connectivity index (χ4n) is 2.75. The number of nitrogens with two attached hydrogens (primary N) is 1. The van der Waals surface area contributed by atoms with Crippen LogP contribution >= 0.6 is 0 Å². The van der Waals surface area contributed by atoms with E-state index in [1.807, 2.05) is 12.1 Å². The van der Waals surface area contributed by atoms with Gasteiger partial charge in [-0.1, -0.05) is 12.1 Å². The fourth-order valence-corrected chi connectivity index (χ4v) is 2.75. The zero-order valence-corrected chi connectivity index (χ0v) is 12.8. The highest BCUT2D eigenvalue weighted by Gasteiger charge is 2.17.